The van der Waals surface area contributed by atoms with Crippen molar-refractivity contribution in [2.24, 2.45) is 0 Å². The number of rotatable bonds is 7. The zero-order valence-electron chi connectivity index (χ0n) is 13.8. The molecule has 0 unspecified atom stereocenters. The Hall–Kier alpha value is -3.55. The molecule has 0 fully saturated rings. The summed E-state index contributed by atoms with van der Waals surface area (Å²) in [5.74, 6) is -0.476. The second-order valence-electron chi connectivity index (χ2n) is 5.51. The van der Waals surface area contributed by atoms with Crippen LogP contribution in [-0.2, 0) is 11.2 Å². The van der Waals surface area contributed by atoms with Crippen LogP contribution in [0.4, 0.5) is 5.69 Å². The van der Waals surface area contributed by atoms with Gasteiger partial charge in [-0.25, -0.2) is 4.79 Å². The monoisotopic (exact) mass is 352 g/mol. The number of aryl methyl sites for hydroxylation is 1. The molecule has 1 amide bonds. The summed E-state index contributed by atoms with van der Waals surface area (Å²) in [5, 5.41) is 15.6. The van der Waals surface area contributed by atoms with E-state index in [-0.39, 0.29) is 23.6 Å². The lowest BCUT2D eigenvalue weighted by Crippen LogP contribution is -2.14. The molecule has 0 bridgehead atoms. The number of aromatic nitrogens is 3. The SMILES string of the molecule is O=C(CCCc1nc(-c2cccnc2)no1)Nc1ccccc1C(=O)O. The molecule has 0 saturated heterocycles. The number of amides is 1. The molecule has 0 radical (unpaired) electrons. The van der Waals surface area contributed by atoms with E-state index in [9.17, 15) is 9.59 Å². The largest absolute Gasteiger partial charge is 0.478 e. The quantitative estimate of drug-likeness (QED) is 0.671. The number of benzene rings is 1. The van der Waals surface area contributed by atoms with Gasteiger partial charge in [-0.05, 0) is 30.7 Å². The van der Waals surface area contributed by atoms with E-state index in [0.717, 1.165) is 5.56 Å². The maximum atomic E-state index is 12.0. The highest BCUT2D eigenvalue weighted by Crippen LogP contribution is 2.17. The van der Waals surface area contributed by atoms with Crippen molar-refractivity contribution in [2.45, 2.75) is 19.3 Å². The number of carboxylic acids is 1. The third-order valence-corrected chi connectivity index (χ3v) is 3.61. The first-order valence-corrected chi connectivity index (χ1v) is 7.98. The zero-order chi connectivity index (χ0) is 18.4. The van der Waals surface area contributed by atoms with E-state index in [1.165, 1.54) is 6.07 Å². The first-order chi connectivity index (χ1) is 12.6. The van der Waals surface area contributed by atoms with Crippen molar-refractivity contribution in [3.05, 3.63) is 60.2 Å². The highest BCUT2D eigenvalue weighted by molar-refractivity contribution is 6.00. The summed E-state index contributed by atoms with van der Waals surface area (Å²) in [6.07, 6.45) is 4.45. The predicted octanol–water partition coefficient (Wildman–Crippen LogP) is 2.79. The number of carbonyl (C=O) groups is 2. The number of anilines is 1. The average Bonchev–Trinajstić information content (AvgIpc) is 3.11. The maximum Gasteiger partial charge on any atom is 0.337 e. The minimum absolute atomic E-state index is 0.0545. The van der Waals surface area contributed by atoms with Crippen LogP contribution in [0.15, 0.2) is 53.3 Å². The van der Waals surface area contributed by atoms with E-state index < -0.39 is 5.97 Å². The third kappa shape index (κ3) is 4.29. The predicted molar refractivity (Wildman–Crippen MR) is 92.5 cm³/mol. The number of nitrogens with one attached hydrogen (secondary N) is 1. The van der Waals surface area contributed by atoms with Gasteiger partial charge in [0.2, 0.25) is 17.6 Å². The summed E-state index contributed by atoms with van der Waals surface area (Å²) in [4.78, 5) is 31.4. The number of nitrogens with zero attached hydrogens (tertiary/aromatic N) is 3. The van der Waals surface area contributed by atoms with Crippen LogP contribution in [-0.4, -0.2) is 32.1 Å². The number of para-hydroxylation sites is 1. The zero-order valence-corrected chi connectivity index (χ0v) is 13.8. The molecule has 2 aromatic heterocycles. The standard InChI is InChI=1S/C18H16N4O4/c23-15(20-14-7-2-1-6-13(14)18(24)25)8-3-9-16-21-17(22-26-16)12-5-4-10-19-11-12/h1-2,4-7,10-11H,3,8-9H2,(H,20,23)(H,24,25). The molecule has 2 N–H and O–H groups in total. The molecule has 0 aliphatic heterocycles. The van der Waals surface area contributed by atoms with Crippen LogP contribution in [0.25, 0.3) is 11.4 Å². The van der Waals surface area contributed by atoms with Gasteiger partial charge in [-0.3, -0.25) is 9.78 Å². The molecular formula is C18H16N4O4. The van der Waals surface area contributed by atoms with Gasteiger partial charge >= 0.3 is 5.97 Å². The highest BCUT2D eigenvalue weighted by atomic mass is 16.5. The Labute approximate surface area is 148 Å². The summed E-state index contributed by atoms with van der Waals surface area (Å²) in [5.41, 5.74) is 1.09. The number of aromatic carboxylic acids is 1. The maximum absolute atomic E-state index is 12.0. The van der Waals surface area contributed by atoms with Gasteiger partial charge in [0.15, 0.2) is 0 Å². The lowest BCUT2D eigenvalue weighted by atomic mass is 10.1. The van der Waals surface area contributed by atoms with Crippen LogP contribution >= 0.6 is 0 Å². The van der Waals surface area contributed by atoms with Crippen LogP contribution in [0.3, 0.4) is 0 Å². The lowest BCUT2D eigenvalue weighted by molar-refractivity contribution is -0.116. The summed E-state index contributed by atoms with van der Waals surface area (Å²) < 4.78 is 5.17. The number of carboxylic acid groups (broad SMARTS) is 1. The Morgan fingerprint density at radius 2 is 2.00 bits per heavy atom. The first kappa shape index (κ1) is 17.3. The van der Waals surface area contributed by atoms with Crippen LogP contribution in [0.5, 0.6) is 0 Å². The Kier molecular flexibility index (Phi) is 5.33. The fourth-order valence-electron chi connectivity index (χ4n) is 2.36. The van der Waals surface area contributed by atoms with E-state index >= 15 is 0 Å². The molecule has 8 heteroatoms. The molecule has 3 aromatic rings. The van der Waals surface area contributed by atoms with Crippen molar-refractivity contribution in [3.8, 4) is 11.4 Å². The molecule has 26 heavy (non-hydrogen) atoms. The van der Waals surface area contributed by atoms with Crippen molar-refractivity contribution in [3.63, 3.8) is 0 Å². The van der Waals surface area contributed by atoms with E-state index in [4.69, 9.17) is 9.63 Å². The van der Waals surface area contributed by atoms with E-state index in [1.54, 1.807) is 36.7 Å². The van der Waals surface area contributed by atoms with Gasteiger partial charge in [0.25, 0.3) is 0 Å². The molecule has 2 heterocycles. The van der Waals surface area contributed by atoms with E-state index in [2.05, 4.69) is 20.4 Å². The third-order valence-electron chi connectivity index (χ3n) is 3.61. The molecular weight excluding hydrogens is 336 g/mol. The number of hydrogen-bond acceptors (Lipinski definition) is 6. The fourth-order valence-corrected chi connectivity index (χ4v) is 2.36. The fraction of sp³-hybridized carbons (Fsp3) is 0.167. The summed E-state index contributed by atoms with van der Waals surface area (Å²) in [6.45, 7) is 0. The number of carbonyl (C=O) groups excluding carboxylic acids is 1. The van der Waals surface area contributed by atoms with Crippen molar-refractivity contribution in [1.29, 1.82) is 0 Å². The molecule has 0 saturated carbocycles. The van der Waals surface area contributed by atoms with Crippen molar-refractivity contribution in [2.75, 3.05) is 5.32 Å². The van der Waals surface area contributed by atoms with Gasteiger partial charge in [-0.1, -0.05) is 17.3 Å². The number of hydrogen-bond donors (Lipinski definition) is 2. The molecule has 0 atom stereocenters. The Morgan fingerprint density at radius 1 is 1.15 bits per heavy atom. The molecule has 132 valence electrons. The minimum atomic E-state index is -1.09. The Morgan fingerprint density at radius 3 is 2.77 bits per heavy atom. The topological polar surface area (TPSA) is 118 Å². The van der Waals surface area contributed by atoms with Gasteiger partial charge in [-0.2, -0.15) is 4.98 Å². The van der Waals surface area contributed by atoms with Gasteiger partial charge < -0.3 is 14.9 Å². The minimum Gasteiger partial charge on any atom is -0.478 e. The van der Waals surface area contributed by atoms with Crippen LogP contribution in [0.1, 0.15) is 29.1 Å². The molecule has 1 aromatic carbocycles. The first-order valence-electron chi connectivity index (χ1n) is 7.98. The van der Waals surface area contributed by atoms with E-state index in [1.807, 2.05) is 6.07 Å². The van der Waals surface area contributed by atoms with Crippen LogP contribution in [0, 0.1) is 0 Å². The average molecular weight is 352 g/mol. The van der Waals surface area contributed by atoms with Gasteiger partial charge in [0.1, 0.15) is 0 Å². The molecule has 3 rings (SSSR count). The summed E-state index contributed by atoms with van der Waals surface area (Å²) >= 11 is 0. The van der Waals surface area contributed by atoms with Gasteiger partial charge in [-0.15, -0.1) is 0 Å². The smallest absolute Gasteiger partial charge is 0.337 e. The second kappa shape index (κ2) is 8.02. The summed E-state index contributed by atoms with van der Waals surface area (Å²) in [6, 6.07) is 9.88. The number of pyridine rings is 1. The van der Waals surface area contributed by atoms with Crippen LogP contribution in [0.2, 0.25) is 0 Å². The van der Waals surface area contributed by atoms with Crippen molar-refractivity contribution in [1.82, 2.24) is 15.1 Å². The van der Waals surface area contributed by atoms with Gasteiger partial charge in [0.05, 0.1) is 11.3 Å². The Bertz CT molecular complexity index is 908. The van der Waals surface area contributed by atoms with Crippen molar-refractivity contribution >= 4 is 17.6 Å². The molecule has 0 aliphatic carbocycles. The lowest BCUT2D eigenvalue weighted by Gasteiger charge is -2.07. The second-order valence-corrected chi connectivity index (χ2v) is 5.51. The molecule has 0 aliphatic rings. The normalized spacial score (nSPS) is 10.5. The molecule has 0 spiro atoms. The summed E-state index contributed by atoms with van der Waals surface area (Å²) in [7, 11) is 0. The highest BCUT2D eigenvalue weighted by Gasteiger charge is 2.13. The van der Waals surface area contributed by atoms with Gasteiger partial charge in [0, 0.05) is 30.8 Å². The van der Waals surface area contributed by atoms with E-state index in [0.29, 0.717) is 24.6 Å². The van der Waals surface area contributed by atoms with Crippen molar-refractivity contribution < 1.29 is 19.2 Å². The Balaban J connectivity index is 1.52. The van der Waals surface area contributed by atoms with Crippen LogP contribution < -0.4 is 5.32 Å². The molecule has 8 nitrogen and oxygen atoms in total.